The first kappa shape index (κ1) is 25.8. The van der Waals surface area contributed by atoms with Crippen LogP contribution in [0.25, 0.3) is 11.1 Å². The lowest BCUT2D eigenvalue weighted by atomic mass is 9.95. The summed E-state index contributed by atoms with van der Waals surface area (Å²) in [7, 11) is 1.56. The van der Waals surface area contributed by atoms with Crippen molar-refractivity contribution < 1.29 is 22.4 Å². The van der Waals surface area contributed by atoms with Gasteiger partial charge in [-0.1, -0.05) is 68.8 Å². The maximum absolute atomic E-state index is 14.4. The molecule has 0 N–H and O–H groups in total. The van der Waals surface area contributed by atoms with Gasteiger partial charge in [-0.2, -0.15) is 13.2 Å². The van der Waals surface area contributed by atoms with E-state index in [0.29, 0.717) is 12.1 Å². The molecule has 0 saturated heterocycles. The number of carbonyl (C=O) groups excluding carboxylic acids is 1. The van der Waals surface area contributed by atoms with E-state index in [9.17, 15) is 22.4 Å². The Bertz CT molecular complexity index is 1190. The van der Waals surface area contributed by atoms with Gasteiger partial charge in [0.1, 0.15) is 17.2 Å². The minimum Gasteiger partial charge on any atom is -0.340 e. The largest absolute Gasteiger partial charge is 0.431 e. The number of amides is 1. The number of benzene rings is 2. The molecule has 0 spiro atoms. The lowest BCUT2D eigenvalue weighted by Gasteiger charge is -2.28. The second-order valence-electron chi connectivity index (χ2n) is 9.62. The van der Waals surface area contributed by atoms with E-state index in [0.717, 1.165) is 10.6 Å². The summed E-state index contributed by atoms with van der Waals surface area (Å²) in [5, 5.41) is -0.154. The topological polar surface area (TPSA) is 25.2 Å². The number of hydrogen-bond acceptors (Lipinski definition) is 1. The van der Waals surface area contributed by atoms with Gasteiger partial charge in [-0.15, -0.1) is 0 Å². The third-order valence-electron chi connectivity index (χ3n) is 5.43. The first-order chi connectivity index (χ1) is 15.7. The minimum absolute atomic E-state index is 0.0459. The van der Waals surface area contributed by atoms with E-state index in [4.69, 9.17) is 11.6 Å². The van der Waals surface area contributed by atoms with Crippen molar-refractivity contribution in [1.82, 2.24) is 9.47 Å². The highest BCUT2D eigenvalue weighted by atomic mass is 35.5. The Morgan fingerprint density at radius 3 is 2.21 bits per heavy atom. The van der Waals surface area contributed by atoms with Crippen LogP contribution in [0.4, 0.5) is 17.6 Å². The minimum atomic E-state index is -4.74. The molecule has 3 nitrogen and oxygen atoms in total. The van der Waals surface area contributed by atoms with Crippen LogP contribution in [0, 0.1) is 18.2 Å². The maximum Gasteiger partial charge on any atom is 0.431 e. The number of alkyl halides is 3. The molecule has 3 rings (SSSR count). The van der Waals surface area contributed by atoms with Gasteiger partial charge in [0.25, 0.3) is 5.91 Å². The lowest BCUT2D eigenvalue weighted by Crippen LogP contribution is -2.36. The summed E-state index contributed by atoms with van der Waals surface area (Å²) < 4.78 is 58.4. The number of carbonyl (C=O) groups is 1. The first-order valence-corrected chi connectivity index (χ1v) is 11.1. The van der Waals surface area contributed by atoms with E-state index < -0.39 is 23.6 Å². The third-order valence-corrected chi connectivity index (χ3v) is 5.73. The van der Waals surface area contributed by atoms with Crippen molar-refractivity contribution in [1.29, 1.82) is 0 Å². The molecule has 0 aliphatic heterocycles. The molecule has 1 aromatic heterocycles. The average molecular weight is 495 g/mol. The molecule has 182 valence electrons. The predicted octanol–water partition coefficient (Wildman–Crippen LogP) is 7.44. The van der Waals surface area contributed by atoms with E-state index in [2.05, 4.69) is 0 Å². The van der Waals surface area contributed by atoms with Gasteiger partial charge in [0.15, 0.2) is 0 Å². The van der Waals surface area contributed by atoms with Crippen LogP contribution in [0.3, 0.4) is 0 Å². The summed E-state index contributed by atoms with van der Waals surface area (Å²) in [6.07, 6.45) is -4.74. The van der Waals surface area contributed by atoms with Crippen LogP contribution in [0.15, 0.2) is 48.5 Å². The van der Waals surface area contributed by atoms with E-state index in [1.165, 1.54) is 24.0 Å². The van der Waals surface area contributed by atoms with Gasteiger partial charge in [0.2, 0.25) is 0 Å². The van der Waals surface area contributed by atoms with E-state index in [1.807, 2.05) is 20.8 Å². The highest BCUT2D eigenvalue weighted by Gasteiger charge is 2.41. The van der Waals surface area contributed by atoms with Gasteiger partial charge in [0, 0.05) is 25.7 Å². The summed E-state index contributed by atoms with van der Waals surface area (Å²) in [6, 6.07) is 12.4. The number of nitrogens with zero attached hydrogens (tertiary/aromatic N) is 2. The Morgan fingerprint density at radius 2 is 1.68 bits per heavy atom. The molecule has 1 heterocycles. The Hall–Kier alpha value is -2.80. The zero-order valence-corrected chi connectivity index (χ0v) is 20.5. The van der Waals surface area contributed by atoms with Crippen LogP contribution in [0.1, 0.15) is 48.1 Å². The third kappa shape index (κ3) is 5.46. The molecule has 2 aromatic carbocycles. The van der Waals surface area contributed by atoms with Crippen LogP contribution in [-0.2, 0) is 12.7 Å². The molecule has 0 aliphatic rings. The lowest BCUT2D eigenvalue weighted by molar-refractivity contribution is -0.143. The Labute approximate surface area is 202 Å². The van der Waals surface area contributed by atoms with Gasteiger partial charge in [-0.25, -0.2) is 4.39 Å². The molecule has 0 unspecified atom stereocenters. The molecule has 8 heteroatoms. The maximum atomic E-state index is 14.4. The molecule has 0 saturated carbocycles. The first-order valence-electron chi connectivity index (χ1n) is 10.8. The molecule has 0 bridgehead atoms. The van der Waals surface area contributed by atoms with Gasteiger partial charge in [0.05, 0.1) is 5.02 Å². The average Bonchev–Trinajstić information content (AvgIpc) is 3.00. The van der Waals surface area contributed by atoms with Crippen molar-refractivity contribution in [2.24, 2.45) is 5.41 Å². The Morgan fingerprint density at radius 1 is 1.06 bits per heavy atom. The quantitative estimate of drug-likeness (QED) is 0.338. The molecule has 3 aromatic rings. The fourth-order valence-electron chi connectivity index (χ4n) is 4.23. The van der Waals surface area contributed by atoms with Crippen molar-refractivity contribution >= 4 is 17.5 Å². The summed E-state index contributed by atoms with van der Waals surface area (Å²) in [6.45, 7) is 7.26. The molecule has 0 aliphatic carbocycles. The summed E-state index contributed by atoms with van der Waals surface area (Å²) in [5.74, 6) is -1.35. The molecular weight excluding hydrogens is 468 g/mol. The highest BCUT2D eigenvalue weighted by Crippen LogP contribution is 2.42. The second kappa shape index (κ2) is 9.45. The second-order valence-corrected chi connectivity index (χ2v) is 10.0. The Kier molecular flexibility index (Phi) is 7.18. The van der Waals surface area contributed by atoms with Gasteiger partial charge in [-0.3, -0.25) is 4.79 Å². The fraction of sp³-hybridized carbons (Fsp3) is 0.346. The number of hydrogen-bond donors (Lipinski definition) is 0. The summed E-state index contributed by atoms with van der Waals surface area (Å²) in [5.41, 5.74) is -0.692. The van der Waals surface area contributed by atoms with Crippen molar-refractivity contribution in [3.05, 3.63) is 81.9 Å². The SMILES string of the molecule is Cc1c(-c2ccc(Cl)c(F)c2)c(C(=O)N(C)CC(C)(C)C)n(Cc2ccccc2)c1C(F)(F)F. The normalized spacial score (nSPS) is 12.2. The molecule has 34 heavy (non-hydrogen) atoms. The van der Waals surface area contributed by atoms with Crippen LogP contribution in [-0.4, -0.2) is 29.0 Å². The van der Waals surface area contributed by atoms with Crippen LogP contribution < -0.4 is 0 Å². The zero-order chi connectivity index (χ0) is 25.4. The molecular formula is C26H27ClF4N2O. The van der Waals surface area contributed by atoms with Crippen LogP contribution >= 0.6 is 11.6 Å². The van der Waals surface area contributed by atoms with Gasteiger partial charge in [-0.05, 0) is 41.2 Å². The van der Waals surface area contributed by atoms with Crippen molar-refractivity contribution in [2.45, 2.75) is 40.4 Å². The predicted molar refractivity (Wildman–Crippen MR) is 127 cm³/mol. The van der Waals surface area contributed by atoms with Gasteiger partial charge < -0.3 is 9.47 Å². The van der Waals surface area contributed by atoms with Crippen molar-refractivity contribution in [3.63, 3.8) is 0 Å². The number of halogens is 5. The van der Waals surface area contributed by atoms with E-state index >= 15 is 0 Å². The molecule has 0 fully saturated rings. The fourth-order valence-corrected chi connectivity index (χ4v) is 4.34. The molecule has 1 amide bonds. The number of aromatic nitrogens is 1. The number of rotatable bonds is 5. The van der Waals surface area contributed by atoms with Crippen molar-refractivity contribution in [3.8, 4) is 11.1 Å². The van der Waals surface area contributed by atoms with Gasteiger partial charge >= 0.3 is 6.18 Å². The van der Waals surface area contributed by atoms with E-state index in [-0.39, 0.29) is 39.4 Å². The van der Waals surface area contributed by atoms with E-state index in [1.54, 1.807) is 37.4 Å². The summed E-state index contributed by atoms with van der Waals surface area (Å²) in [4.78, 5) is 15.1. The van der Waals surface area contributed by atoms with Crippen LogP contribution in [0.2, 0.25) is 5.02 Å². The monoisotopic (exact) mass is 494 g/mol. The highest BCUT2D eigenvalue weighted by molar-refractivity contribution is 6.30. The summed E-state index contributed by atoms with van der Waals surface area (Å²) >= 11 is 5.81. The standard InChI is InChI=1S/C26H27ClF4N2O/c1-16-21(18-11-12-19(27)20(28)13-18)22(24(34)32(5)15-25(2,3)4)33(23(16)26(29,30)31)14-17-9-7-6-8-10-17/h6-13H,14-15H2,1-5H3. The van der Waals surface area contributed by atoms with Crippen LogP contribution in [0.5, 0.6) is 0 Å². The van der Waals surface area contributed by atoms with Crippen molar-refractivity contribution in [2.75, 3.05) is 13.6 Å². The zero-order valence-electron chi connectivity index (χ0n) is 19.7. The molecule has 0 atom stereocenters. The Balaban J connectivity index is 2.35. The smallest absolute Gasteiger partial charge is 0.340 e. The molecule has 0 radical (unpaired) electrons.